The van der Waals surface area contributed by atoms with E-state index in [1.54, 1.807) is 24.3 Å². The van der Waals surface area contributed by atoms with Gasteiger partial charge in [-0.3, -0.25) is 31.3 Å². The molecule has 0 saturated carbocycles. The molecule has 0 spiro atoms. The Morgan fingerprint density at radius 3 is 1.83 bits per heavy atom. The van der Waals surface area contributed by atoms with Gasteiger partial charge in [0.2, 0.25) is 5.91 Å². The lowest BCUT2D eigenvalue weighted by atomic mass is 10.2. The van der Waals surface area contributed by atoms with Gasteiger partial charge in [-0.25, -0.2) is 0 Å². The van der Waals surface area contributed by atoms with Gasteiger partial charge in [0.1, 0.15) is 0 Å². The van der Waals surface area contributed by atoms with E-state index in [9.17, 15) is 9.59 Å². The van der Waals surface area contributed by atoms with E-state index in [1.807, 2.05) is 36.4 Å². The predicted molar refractivity (Wildman–Crippen MR) is 89.0 cm³/mol. The third kappa shape index (κ3) is 5.68. The molecule has 0 heterocycles. The highest BCUT2D eigenvalue weighted by Gasteiger charge is 2.17. The van der Waals surface area contributed by atoms with Crippen molar-refractivity contribution >= 4 is 23.2 Å². The molecule has 2 aromatic rings. The average Bonchev–Trinajstić information content (AvgIpc) is 2.59. The van der Waals surface area contributed by atoms with Crippen molar-refractivity contribution in [3.05, 3.63) is 60.7 Å². The fraction of sp³-hybridized carbons (Fsp3) is 0.125. The Bertz CT molecular complexity index is 633. The maximum Gasteiger partial charge on any atom is 0.255 e. The minimum absolute atomic E-state index is 0.137. The molecule has 0 bridgehead atoms. The van der Waals surface area contributed by atoms with Crippen LogP contribution in [0, 0.1) is 0 Å². The van der Waals surface area contributed by atoms with E-state index in [1.165, 1.54) is 0 Å². The summed E-state index contributed by atoms with van der Waals surface area (Å²) in [6.07, 6.45) is -0.137. The van der Waals surface area contributed by atoms with Gasteiger partial charge in [-0.15, -0.1) is 0 Å². The number of rotatable bonds is 7. The highest BCUT2D eigenvalue weighted by molar-refractivity contribution is 5.89. The molecule has 0 saturated heterocycles. The number of anilines is 2. The van der Waals surface area contributed by atoms with Crippen molar-refractivity contribution in [1.29, 1.82) is 0 Å². The molecular weight excluding hydrogens is 294 g/mol. The highest BCUT2D eigenvalue weighted by atomic mass is 16.2. The Morgan fingerprint density at radius 2 is 1.30 bits per heavy atom. The van der Waals surface area contributed by atoms with Crippen LogP contribution in [0.4, 0.5) is 11.4 Å². The van der Waals surface area contributed by atoms with E-state index < -0.39 is 11.9 Å². The first-order chi connectivity index (χ1) is 11.1. The van der Waals surface area contributed by atoms with Gasteiger partial charge in [0.25, 0.3) is 5.91 Å². The van der Waals surface area contributed by atoms with Gasteiger partial charge in [-0.2, -0.15) is 0 Å². The maximum atomic E-state index is 11.8. The highest BCUT2D eigenvalue weighted by Crippen LogP contribution is 2.04. The van der Waals surface area contributed by atoms with Gasteiger partial charge < -0.3 is 5.73 Å². The molecule has 0 unspecified atom stereocenters. The number of hydrazine groups is 2. The SMILES string of the molecule is N[C@@H](CC(=O)NNc1ccccc1)C(=O)NNc1ccccc1. The summed E-state index contributed by atoms with van der Waals surface area (Å²) in [4.78, 5) is 23.6. The third-order valence-electron chi connectivity index (χ3n) is 2.97. The monoisotopic (exact) mass is 313 g/mol. The van der Waals surface area contributed by atoms with Crippen LogP contribution in [0.5, 0.6) is 0 Å². The summed E-state index contributed by atoms with van der Waals surface area (Å²) in [5.41, 5.74) is 17.6. The molecule has 1 atom stereocenters. The topological polar surface area (TPSA) is 108 Å². The van der Waals surface area contributed by atoms with Gasteiger partial charge in [-0.05, 0) is 24.3 Å². The number of amides is 2. The normalized spacial score (nSPS) is 11.2. The average molecular weight is 313 g/mol. The largest absolute Gasteiger partial charge is 0.319 e. The van der Waals surface area contributed by atoms with Gasteiger partial charge in [0.15, 0.2) is 0 Å². The summed E-state index contributed by atoms with van der Waals surface area (Å²) in [6.45, 7) is 0. The van der Waals surface area contributed by atoms with E-state index >= 15 is 0 Å². The van der Waals surface area contributed by atoms with Crippen molar-refractivity contribution in [1.82, 2.24) is 10.9 Å². The summed E-state index contributed by atoms with van der Waals surface area (Å²) in [6, 6.07) is 17.3. The second kappa shape index (κ2) is 8.40. The lowest BCUT2D eigenvalue weighted by Gasteiger charge is -2.14. The molecule has 7 nitrogen and oxygen atoms in total. The van der Waals surface area contributed by atoms with Crippen LogP contribution in [-0.4, -0.2) is 17.9 Å². The molecule has 2 aromatic carbocycles. The molecule has 0 aromatic heterocycles. The van der Waals surface area contributed by atoms with Crippen LogP contribution in [-0.2, 0) is 9.59 Å². The van der Waals surface area contributed by atoms with E-state index in [2.05, 4.69) is 21.7 Å². The summed E-state index contributed by atoms with van der Waals surface area (Å²) in [5.74, 6) is -0.847. The van der Waals surface area contributed by atoms with Crippen molar-refractivity contribution in [2.24, 2.45) is 5.73 Å². The molecule has 0 aliphatic rings. The first kappa shape index (κ1) is 16.3. The smallest absolute Gasteiger partial charge is 0.255 e. The molecule has 7 heteroatoms. The number of hydrogen-bond acceptors (Lipinski definition) is 5. The standard InChI is InChI=1S/C16H19N5O2/c17-14(16(23)21-19-13-9-5-2-6-10-13)11-15(22)20-18-12-7-3-1-4-8-12/h1-10,14,18-19H,11,17H2,(H,20,22)(H,21,23)/t14-/m0/s1. The number of carbonyl (C=O) groups excluding carboxylic acids is 2. The van der Waals surface area contributed by atoms with Gasteiger partial charge in [-0.1, -0.05) is 36.4 Å². The van der Waals surface area contributed by atoms with E-state index in [-0.39, 0.29) is 12.3 Å². The molecule has 0 fully saturated rings. The molecule has 0 radical (unpaired) electrons. The molecule has 120 valence electrons. The Labute approximate surface area is 134 Å². The number of benzene rings is 2. The van der Waals surface area contributed by atoms with E-state index in [0.29, 0.717) is 0 Å². The fourth-order valence-corrected chi connectivity index (χ4v) is 1.75. The number of carbonyl (C=O) groups is 2. The van der Waals surface area contributed by atoms with Crippen LogP contribution < -0.4 is 27.4 Å². The van der Waals surface area contributed by atoms with Crippen LogP contribution in [0.3, 0.4) is 0 Å². The van der Waals surface area contributed by atoms with E-state index in [0.717, 1.165) is 11.4 Å². The van der Waals surface area contributed by atoms with Crippen molar-refractivity contribution in [2.75, 3.05) is 10.9 Å². The zero-order valence-corrected chi connectivity index (χ0v) is 12.5. The van der Waals surface area contributed by atoms with Crippen molar-refractivity contribution in [3.8, 4) is 0 Å². The third-order valence-corrected chi connectivity index (χ3v) is 2.97. The first-order valence-corrected chi connectivity index (χ1v) is 7.11. The zero-order chi connectivity index (χ0) is 16.5. The van der Waals surface area contributed by atoms with Crippen LogP contribution in [0.15, 0.2) is 60.7 Å². The lowest BCUT2D eigenvalue weighted by molar-refractivity contribution is -0.127. The molecule has 23 heavy (non-hydrogen) atoms. The van der Waals surface area contributed by atoms with Crippen LogP contribution in [0.2, 0.25) is 0 Å². The quantitative estimate of drug-likeness (QED) is 0.490. The maximum absolute atomic E-state index is 11.8. The number of nitrogens with one attached hydrogen (secondary N) is 4. The van der Waals surface area contributed by atoms with Crippen molar-refractivity contribution in [3.63, 3.8) is 0 Å². The molecular formula is C16H19N5O2. The fourth-order valence-electron chi connectivity index (χ4n) is 1.75. The number of para-hydroxylation sites is 2. The Morgan fingerprint density at radius 1 is 0.826 bits per heavy atom. The number of hydrogen-bond donors (Lipinski definition) is 5. The Balaban J connectivity index is 1.71. The summed E-state index contributed by atoms with van der Waals surface area (Å²) in [7, 11) is 0. The first-order valence-electron chi connectivity index (χ1n) is 7.11. The molecule has 6 N–H and O–H groups in total. The minimum atomic E-state index is -0.955. The summed E-state index contributed by atoms with van der Waals surface area (Å²) >= 11 is 0. The van der Waals surface area contributed by atoms with Gasteiger partial charge in [0, 0.05) is 0 Å². The van der Waals surface area contributed by atoms with Gasteiger partial charge >= 0.3 is 0 Å². The zero-order valence-electron chi connectivity index (χ0n) is 12.5. The predicted octanol–water partition coefficient (Wildman–Crippen LogP) is 0.990. The Kier molecular flexibility index (Phi) is 5.96. The lowest BCUT2D eigenvalue weighted by Crippen LogP contribution is -2.46. The minimum Gasteiger partial charge on any atom is -0.319 e. The second-order valence-electron chi connectivity index (χ2n) is 4.83. The van der Waals surface area contributed by atoms with Crippen molar-refractivity contribution in [2.45, 2.75) is 12.5 Å². The molecule has 2 amide bonds. The summed E-state index contributed by atoms with van der Waals surface area (Å²) in [5, 5.41) is 0. The molecule has 0 aliphatic heterocycles. The summed E-state index contributed by atoms with van der Waals surface area (Å²) < 4.78 is 0. The number of nitrogens with two attached hydrogens (primary N) is 1. The second-order valence-corrected chi connectivity index (χ2v) is 4.83. The van der Waals surface area contributed by atoms with Crippen LogP contribution in [0.25, 0.3) is 0 Å². The van der Waals surface area contributed by atoms with Crippen LogP contribution in [0.1, 0.15) is 6.42 Å². The molecule has 2 rings (SSSR count). The Hall–Kier alpha value is -3.06. The van der Waals surface area contributed by atoms with Gasteiger partial charge in [0.05, 0.1) is 23.8 Å². The van der Waals surface area contributed by atoms with E-state index in [4.69, 9.17) is 5.73 Å². The van der Waals surface area contributed by atoms with Crippen LogP contribution >= 0.6 is 0 Å². The molecule has 0 aliphatic carbocycles. The van der Waals surface area contributed by atoms with Crippen molar-refractivity contribution < 1.29 is 9.59 Å².